The normalized spacial score (nSPS) is 10.5. The molecule has 0 atom stereocenters. The molecule has 3 aromatic rings. The highest BCUT2D eigenvalue weighted by Crippen LogP contribution is 2.34. The predicted molar refractivity (Wildman–Crippen MR) is 78.4 cm³/mol. The molecule has 104 valence electrons. The van der Waals surface area contributed by atoms with Gasteiger partial charge in [0.1, 0.15) is 5.56 Å². The van der Waals surface area contributed by atoms with E-state index in [1.165, 1.54) is 12.3 Å². The van der Waals surface area contributed by atoms with Gasteiger partial charge in [0, 0.05) is 6.20 Å². The molecule has 2 aromatic carbocycles. The van der Waals surface area contributed by atoms with Crippen molar-refractivity contribution < 1.29 is 14.6 Å². The van der Waals surface area contributed by atoms with Crippen LogP contribution < -0.4 is 10.5 Å². The number of nitrogens with zero attached hydrogens (tertiary/aromatic N) is 1. The summed E-state index contributed by atoms with van der Waals surface area (Å²) in [5, 5.41) is 11.8. The van der Waals surface area contributed by atoms with Gasteiger partial charge in [-0.1, -0.05) is 24.3 Å². The lowest BCUT2D eigenvalue weighted by molar-refractivity contribution is 0.0997. The molecule has 0 aliphatic carbocycles. The van der Waals surface area contributed by atoms with Crippen molar-refractivity contribution in [2.45, 2.75) is 0 Å². The van der Waals surface area contributed by atoms with E-state index in [2.05, 4.69) is 4.98 Å². The molecule has 0 bridgehead atoms. The van der Waals surface area contributed by atoms with Crippen molar-refractivity contribution in [3.8, 4) is 17.4 Å². The molecule has 0 saturated carbocycles. The van der Waals surface area contributed by atoms with Crippen LogP contribution in [0.4, 0.5) is 0 Å². The number of phenols is 1. The zero-order chi connectivity index (χ0) is 14.8. The highest BCUT2D eigenvalue weighted by atomic mass is 16.5. The number of fused-ring (bicyclic) bond motifs is 1. The summed E-state index contributed by atoms with van der Waals surface area (Å²) in [6.45, 7) is 0. The van der Waals surface area contributed by atoms with E-state index in [0.29, 0.717) is 0 Å². The zero-order valence-corrected chi connectivity index (χ0v) is 11.0. The minimum absolute atomic E-state index is 0.0326. The maximum absolute atomic E-state index is 11.3. The number of hydrogen-bond donors (Lipinski definition) is 2. The number of amides is 1. The summed E-state index contributed by atoms with van der Waals surface area (Å²) in [4.78, 5) is 15.3. The molecule has 1 aromatic heterocycles. The summed E-state index contributed by atoms with van der Waals surface area (Å²) in [6.07, 6.45) is 1.49. The fourth-order valence-corrected chi connectivity index (χ4v) is 2.05. The second-order valence-electron chi connectivity index (χ2n) is 4.49. The van der Waals surface area contributed by atoms with Gasteiger partial charge in [-0.2, -0.15) is 0 Å². The number of carbonyl (C=O) groups excluding carboxylic acids is 1. The molecule has 0 unspecified atom stereocenters. The van der Waals surface area contributed by atoms with E-state index in [-0.39, 0.29) is 22.9 Å². The van der Waals surface area contributed by atoms with Gasteiger partial charge in [-0.25, -0.2) is 4.98 Å². The summed E-state index contributed by atoms with van der Waals surface area (Å²) in [7, 11) is 0. The molecule has 21 heavy (non-hydrogen) atoms. The largest absolute Gasteiger partial charge is 0.504 e. The Bertz CT molecular complexity index is 831. The van der Waals surface area contributed by atoms with Crippen molar-refractivity contribution in [2.24, 2.45) is 5.73 Å². The topological polar surface area (TPSA) is 85.4 Å². The number of aromatic nitrogens is 1. The average Bonchev–Trinajstić information content (AvgIpc) is 2.48. The molecule has 0 aliphatic rings. The number of rotatable bonds is 3. The van der Waals surface area contributed by atoms with E-state index in [1.54, 1.807) is 18.2 Å². The minimum Gasteiger partial charge on any atom is -0.504 e. The van der Waals surface area contributed by atoms with Gasteiger partial charge >= 0.3 is 0 Å². The number of benzene rings is 2. The maximum atomic E-state index is 11.3. The number of aromatic hydroxyl groups is 1. The molecular formula is C16H12N2O3. The minimum atomic E-state index is -0.640. The molecule has 0 spiro atoms. The molecule has 0 saturated heterocycles. The zero-order valence-electron chi connectivity index (χ0n) is 11.0. The number of phenolic OH excluding ortho intramolecular Hbond substituents is 1. The van der Waals surface area contributed by atoms with Crippen LogP contribution in [0.5, 0.6) is 17.4 Å². The van der Waals surface area contributed by atoms with Gasteiger partial charge < -0.3 is 15.6 Å². The Morgan fingerprint density at radius 2 is 1.81 bits per heavy atom. The molecule has 0 fully saturated rings. The molecule has 1 amide bonds. The molecule has 1 heterocycles. The SMILES string of the molecule is NC(=O)c1cccnc1Oc1cc2ccccc2cc1O. The second kappa shape index (κ2) is 5.13. The fourth-order valence-electron chi connectivity index (χ4n) is 2.05. The van der Waals surface area contributed by atoms with Crippen LogP contribution in [0.2, 0.25) is 0 Å². The van der Waals surface area contributed by atoms with Crippen LogP contribution in [0.3, 0.4) is 0 Å². The van der Waals surface area contributed by atoms with Gasteiger partial charge in [0.2, 0.25) is 5.88 Å². The Balaban J connectivity index is 2.06. The Morgan fingerprint density at radius 1 is 1.10 bits per heavy atom. The van der Waals surface area contributed by atoms with Crippen LogP contribution >= 0.6 is 0 Å². The summed E-state index contributed by atoms with van der Waals surface area (Å²) in [6, 6.07) is 13.9. The first kappa shape index (κ1) is 12.9. The van der Waals surface area contributed by atoms with Gasteiger partial charge in [0.25, 0.3) is 5.91 Å². The molecular weight excluding hydrogens is 268 g/mol. The number of nitrogens with two attached hydrogens (primary N) is 1. The summed E-state index contributed by atoms with van der Waals surface area (Å²) < 4.78 is 5.55. The van der Waals surface area contributed by atoms with Crippen molar-refractivity contribution in [1.29, 1.82) is 0 Å². The van der Waals surface area contributed by atoms with Gasteiger partial charge in [0.15, 0.2) is 11.5 Å². The standard InChI is InChI=1S/C16H12N2O3/c17-15(20)12-6-3-7-18-16(12)21-14-9-11-5-2-1-4-10(11)8-13(14)19/h1-9,19H,(H2,17,20). The molecule has 5 heteroatoms. The van der Waals surface area contributed by atoms with Gasteiger partial charge in [-0.05, 0) is 35.0 Å². The fraction of sp³-hybridized carbons (Fsp3) is 0. The molecule has 5 nitrogen and oxygen atoms in total. The summed E-state index contributed by atoms with van der Waals surface area (Å²) in [5.74, 6) is -0.390. The number of carbonyl (C=O) groups is 1. The quantitative estimate of drug-likeness (QED) is 0.772. The van der Waals surface area contributed by atoms with E-state index >= 15 is 0 Å². The molecule has 0 radical (unpaired) electrons. The third-order valence-electron chi connectivity index (χ3n) is 3.07. The van der Waals surface area contributed by atoms with E-state index in [0.717, 1.165) is 10.8 Å². The van der Waals surface area contributed by atoms with Crippen molar-refractivity contribution in [2.75, 3.05) is 0 Å². The second-order valence-corrected chi connectivity index (χ2v) is 4.49. The van der Waals surface area contributed by atoms with E-state index in [9.17, 15) is 9.90 Å². The third kappa shape index (κ3) is 2.49. The van der Waals surface area contributed by atoms with Crippen molar-refractivity contribution >= 4 is 16.7 Å². The van der Waals surface area contributed by atoms with Gasteiger partial charge in [0.05, 0.1) is 0 Å². The third-order valence-corrected chi connectivity index (χ3v) is 3.07. The molecule has 3 N–H and O–H groups in total. The number of pyridine rings is 1. The lowest BCUT2D eigenvalue weighted by Gasteiger charge is -2.10. The first-order chi connectivity index (χ1) is 10.1. The lowest BCUT2D eigenvalue weighted by atomic mass is 10.1. The number of primary amides is 1. The van der Waals surface area contributed by atoms with Crippen LogP contribution in [0.1, 0.15) is 10.4 Å². The summed E-state index contributed by atoms with van der Waals surface area (Å²) >= 11 is 0. The Labute approximate surface area is 120 Å². The highest BCUT2D eigenvalue weighted by Gasteiger charge is 2.13. The van der Waals surface area contributed by atoms with Crippen LogP contribution in [0, 0.1) is 0 Å². The van der Waals surface area contributed by atoms with Crippen LogP contribution in [-0.4, -0.2) is 16.0 Å². The lowest BCUT2D eigenvalue weighted by Crippen LogP contribution is -2.12. The van der Waals surface area contributed by atoms with Crippen LogP contribution in [-0.2, 0) is 0 Å². The van der Waals surface area contributed by atoms with E-state index < -0.39 is 5.91 Å². The first-order valence-electron chi connectivity index (χ1n) is 6.29. The summed E-state index contributed by atoms with van der Waals surface area (Å²) in [5.41, 5.74) is 5.43. The molecule has 0 aliphatic heterocycles. The van der Waals surface area contributed by atoms with Gasteiger partial charge in [-0.3, -0.25) is 4.79 Å². The van der Waals surface area contributed by atoms with Crippen molar-refractivity contribution in [3.05, 3.63) is 60.3 Å². The van der Waals surface area contributed by atoms with E-state index in [1.807, 2.05) is 24.3 Å². The Hall–Kier alpha value is -3.08. The average molecular weight is 280 g/mol. The smallest absolute Gasteiger partial charge is 0.254 e. The first-order valence-corrected chi connectivity index (χ1v) is 6.29. The van der Waals surface area contributed by atoms with Crippen molar-refractivity contribution in [1.82, 2.24) is 4.98 Å². The Morgan fingerprint density at radius 3 is 2.52 bits per heavy atom. The number of ether oxygens (including phenoxy) is 1. The van der Waals surface area contributed by atoms with Crippen molar-refractivity contribution in [3.63, 3.8) is 0 Å². The van der Waals surface area contributed by atoms with E-state index in [4.69, 9.17) is 10.5 Å². The molecule has 3 rings (SSSR count). The maximum Gasteiger partial charge on any atom is 0.254 e. The van der Waals surface area contributed by atoms with Gasteiger partial charge in [-0.15, -0.1) is 0 Å². The highest BCUT2D eigenvalue weighted by molar-refractivity contribution is 5.95. The predicted octanol–water partition coefficient (Wildman–Crippen LogP) is 2.83. The Kier molecular flexibility index (Phi) is 3.16. The van der Waals surface area contributed by atoms with Crippen LogP contribution in [0.25, 0.3) is 10.8 Å². The van der Waals surface area contributed by atoms with Crippen LogP contribution in [0.15, 0.2) is 54.7 Å². The number of hydrogen-bond acceptors (Lipinski definition) is 4. The monoisotopic (exact) mass is 280 g/mol.